The summed E-state index contributed by atoms with van der Waals surface area (Å²) in [5.74, 6) is -0.152. The number of fused-ring (bicyclic) bond motifs is 1. The van der Waals surface area contributed by atoms with Crippen LogP contribution in [0.2, 0.25) is 0 Å². The normalized spacial score (nSPS) is 23.4. The van der Waals surface area contributed by atoms with E-state index in [0.29, 0.717) is 5.56 Å². The lowest BCUT2D eigenvalue weighted by Crippen LogP contribution is -2.45. The highest BCUT2D eigenvalue weighted by atomic mass is 16.3. The first kappa shape index (κ1) is 12.2. The Hall–Kier alpha value is -1.88. The summed E-state index contributed by atoms with van der Waals surface area (Å²) in [6.07, 6.45) is 4.95. The highest BCUT2D eigenvalue weighted by Gasteiger charge is 2.25. The molecule has 2 aromatic rings. The molecule has 2 unspecified atom stereocenters. The number of nitrogens with zero attached hydrogens (tertiary/aromatic N) is 1. The van der Waals surface area contributed by atoms with E-state index < -0.39 is 6.10 Å². The third-order valence-electron chi connectivity index (χ3n) is 3.77. The molecule has 19 heavy (non-hydrogen) atoms. The third kappa shape index (κ3) is 2.33. The summed E-state index contributed by atoms with van der Waals surface area (Å²) in [6.45, 7) is 0. The number of amides is 1. The van der Waals surface area contributed by atoms with E-state index in [1.807, 2.05) is 12.1 Å². The molecule has 0 saturated heterocycles. The molecule has 0 spiro atoms. The van der Waals surface area contributed by atoms with Crippen LogP contribution >= 0.6 is 0 Å². The van der Waals surface area contributed by atoms with Crippen LogP contribution in [-0.4, -0.2) is 33.4 Å². The first-order valence-corrected chi connectivity index (χ1v) is 6.67. The Morgan fingerprint density at radius 2 is 2.21 bits per heavy atom. The van der Waals surface area contributed by atoms with Crippen molar-refractivity contribution >= 4 is 16.8 Å². The summed E-state index contributed by atoms with van der Waals surface area (Å²) >= 11 is 0. The maximum absolute atomic E-state index is 12.3. The van der Waals surface area contributed by atoms with Crippen molar-refractivity contribution in [1.29, 1.82) is 0 Å². The second-order valence-electron chi connectivity index (χ2n) is 5.07. The fourth-order valence-electron chi connectivity index (χ4n) is 2.68. The first-order valence-electron chi connectivity index (χ1n) is 6.67. The molecule has 1 heterocycles. The molecule has 3 rings (SSSR count). The molecular formula is C14H17N3O2. The number of aromatic nitrogens is 2. The molecule has 1 saturated carbocycles. The Kier molecular flexibility index (Phi) is 3.21. The lowest BCUT2D eigenvalue weighted by Gasteiger charge is -2.28. The SMILES string of the molecule is O=C(NC1CCCCC1O)c1cccc2cn[nH]c12. The van der Waals surface area contributed by atoms with Crippen LogP contribution in [0.25, 0.3) is 10.9 Å². The second kappa shape index (κ2) is 5.01. The van der Waals surface area contributed by atoms with Gasteiger partial charge in [-0.25, -0.2) is 0 Å². The number of carbonyl (C=O) groups excluding carboxylic acids is 1. The predicted octanol–water partition coefficient (Wildman–Crippen LogP) is 1.60. The number of aliphatic hydroxyl groups is 1. The van der Waals surface area contributed by atoms with Crippen LogP contribution in [0.15, 0.2) is 24.4 Å². The molecule has 2 atom stereocenters. The van der Waals surface area contributed by atoms with Crippen molar-refractivity contribution in [2.45, 2.75) is 37.8 Å². The molecule has 0 aliphatic heterocycles. The summed E-state index contributed by atoms with van der Waals surface area (Å²) in [5.41, 5.74) is 1.32. The fourth-order valence-corrected chi connectivity index (χ4v) is 2.68. The van der Waals surface area contributed by atoms with Gasteiger partial charge in [-0.2, -0.15) is 5.10 Å². The van der Waals surface area contributed by atoms with Gasteiger partial charge in [-0.1, -0.05) is 25.0 Å². The van der Waals surface area contributed by atoms with Crippen LogP contribution in [0.4, 0.5) is 0 Å². The molecule has 1 aromatic carbocycles. The van der Waals surface area contributed by atoms with Gasteiger partial charge >= 0.3 is 0 Å². The highest BCUT2D eigenvalue weighted by Crippen LogP contribution is 2.20. The van der Waals surface area contributed by atoms with Gasteiger partial charge in [0.2, 0.25) is 0 Å². The van der Waals surface area contributed by atoms with E-state index in [4.69, 9.17) is 0 Å². The maximum Gasteiger partial charge on any atom is 0.253 e. The van der Waals surface area contributed by atoms with Crippen LogP contribution in [0.1, 0.15) is 36.0 Å². The van der Waals surface area contributed by atoms with E-state index in [0.717, 1.165) is 36.6 Å². The van der Waals surface area contributed by atoms with Crippen molar-refractivity contribution in [1.82, 2.24) is 15.5 Å². The summed E-state index contributed by atoms with van der Waals surface area (Å²) in [5, 5.41) is 20.5. The fraction of sp³-hybridized carbons (Fsp3) is 0.429. The average molecular weight is 259 g/mol. The number of rotatable bonds is 2. The van der Waals surface area contributed by atoms with Crippen LogP contribution < -0.4 is 5.32 Å². The Balaban J connectivity index is 1.82. The van der Waals surface area contributed by atoms with Gasteiger partial charge < -0.3 is 10.4 Å². The van der Waals surface area contributed by atoms with E-state index in [1.54, 1.807) is 12.3 Å². The topological polar surface area (TPSA) is 78.0 Å². The molecular weight excluding hydrogens is 242 g/mol. The largest absolute Gasteiger partial charge is 0.391 e. The first-order chi connectivity index (χ1) is 9.25. The average Bonchev–Trinajstić information content (AvgIpc) is 2.89. The van der Waals surface area contributed by atoms with E-state index in [9.17, 15) is 9.90 Å². The Morgan fingerprint density at radius 1 is 1.37 bits per heavy atom. The number of nitrogens with one attached hydrogen (secondary N) is 2. The van der Waals surface area contributed by atoms with Gasteiger partial charge in [-0.3, -0.25) is 9.89 Å². The lowest BCUT2D eigenvalue weighted by atomic mass is 9.92. The molecule has 1 aliphatic rings. The molecule has 100 valence electrons. The molecule has 5 nitrogen and oxygen atoms in total. The van der Waals surface area contributed by atoms with Crippen molar-refractivity contribution in [3.63, 3.8) is 0 Å². The van der Waals surface area contributed by atoms with Gasteiger partial charge in [0, 0.05) is 5.39 Å². The quantitative estimate of drug-likeness (QED) is 0.766. The van der Waals surface area contributed by atoms with Crippen LogP contribution in [0.3, 0.4) is 0 Å². The lowest BCUT2D eigenvalue weighted by molar-refractivity contribution is 0.0718. The number of carbonyl (C=O) groups is 1. The minimum atomic E-state index is -0.432. The molecule has 1 amide bonds. The smallest absolute Gasteiger partial charge is 0.253 e. The maximum atomic E-state index is 12.3. The van der Waals surface area contributed by atoms with Gasteiger partial charge in [0.1, 0.15) is 0 Å². The van der Waals surface area contributed by atoms with Gasteiger partial charge in [0.15, 0.2) is 0 Å². The van der Waals surface area contributed by atoms with Crippen molar-refractivity contribution in [2.75, 3.05) is 0 Å². The number of H-pyrrole nitrogens is 1. The predicted molar refractivity (Wildman–Crippen MR) is 71.8 cm³/mol. The summed E-state index contributed by atoms with van der Waals surface area (Å²) in [6, 6.07) is 5.37. The second-order valence-corrected chi connectivity index (χ2v) is 5.07. The third-order valence-corrected chi connectivity index (χ3v) is 3.77. The monoisotopic (exact) mass is 259 g/mol. The van der Waals surface area contributed by atoms with Gasteiger partial charge in [-0.15, -0.1) is 0 Å². The number of hydrogen-bond acceptors (Lipinski definition) is 3. The van der Waals surface area contributed by atoms with E-state index in [2.05, 4.69) is 15.5 Å². The molecule has 1 aliphatic carbocycles. The highest BCUT2D eigenvalue weighted by molar-refractivity contribution is 6.05. The minimum Gasteiger partial charge on any atom is -0.391 e. The van der Waals surface area contributed by atoms with Crippen LogP contribution in [-0.2, 0) is 0 Å². The van der Waals surface area contributed by atoms with E-state index >= 15 is 0 Å². The zero-order valence-electron chi connectivity index (χ0n) is 10.6. The van der Waals surface area contributed by atoms with Crippen molar-refractivity contribution in [3.8, 4) is 0 Å². The molecule has 5 heteroatoms. The van der Waals surface area contributed by atoms with Crippen molar-refractivity contribution in [3.05, 3.63) is 30.0 Å². The Bertz CT molecular complexity index is 593. The number of hydrogen-bond donors (Lipinski definition) is 3. The van der Waals surface area contributed by atoms with Crippen LogP contribution in [0.5, 0.6) is 0 Å². The molecule has 1 aromatic heterocycles. The van der Waals surface area contributed by atoms with E-state index in [-0.39, 0.29) is 11.9 Å². The number of para-hydroxylation sites is 1. The Labute approximate surface area is 111 Å². The Morgan fingerprint density at radius 3 is 3.05 bits per heavy atom. The van der Waals surface area contributed by atoms with Crippen LogP contribution in [0, 0.1) is 0 Å². The molecule has 3 N–H and O–H groups in total. The number of benzene rings is 1. The zero-order valence-corrected chi connectivity index (χ0v) is 10.6. The summed E-state index contributed by atoms with van der Waals surface area (Å²) < 4.78 is 0. The molecule has 0 radical (unpaired) electrons. The minimum absolute atomic E-state index is 0.139. The molecule has 0 bridgehead atoms. The number of aliphatic hydroxyl groups excluding tert-OH is 1. The number of aromatic amines is 1. The van der Waals surface area contributed by atoms with E-state index in [1.165, 1.54) is 0 Å². The van der Waals surface area contributed by atoms with Crippen molar-refractivity contribution in [2.24, 2.45) is 0 Å². The van der Waals surface area contributed by atoms with Gasteiger partial charge in [-0.05, 0) is 18.9 Å². The summed E-state index contributed by atoms with van der Waals surface area (Å²) in [7, 11) is 0. The van der Waals surface area contributed by atoms with Crippen molar-refractivity contribution < 1.29 is 9.90 Å². The zero-order chi connectivity index (χ0) is 13.2. The molecule has 1 fully saturated rings. The standard InChI is InChI=1S/C14H17N3O2/c18-12-7-2-1-6-11(12)16-14(19)10-5-3-4-9-8-15-17-13(9)10/h3-5,8,11-12,18H,1-2,6-7H2,(H,15,17)(H,16,19). The van der Waals surface area contributed by atoms with Gasteiger partial charge in [0.25, 0.3) is 5.91 Å². The van der Waals surface area contributed by atoms with Gasteiger partial charge in [0.05, 0.1) is 29.4 Å². The summed E-state index contributed by atoms with van der Waals surface area (Å²) in [4.78, 5) is 12.3.